The highest BCUT2D eigenvalue weighted by atomic mass is 16.5. The maximum Gasteiger partial charge on any atom is 0.311 e. The van der Waals surface area contributed by atoms with Crippen LogP contribution in [0, 0.1) is 11.8 Å². The summed E-state index contributed by atoms with van der Waals surface area (Å²) in [5.74, 6) is -0.792. The standard InChI is InChI=1S/C15H19NO3/c1-3-12-13(15(18)19-2)10-16(14(12)17)9-11-7-5-4-6-8-11/h4-8,12-13H,3,9-10H2,1-2H3. The van der Waals surface area contributed by atoms with E-state index in [1.165, 1.54) is 7.11 Å². The second-order valence-corrected chi connectivity index (χ2v) is 4.85. The first-order chi connectivity index (χ1) is 9.17. The third kappa shape index (κ3) is 2.78. The molecule has 1 aliphatic heterocycles. The molecule has 0 aliphatic carbocycles. The molecule has 19 heavy (non-hydrogen) atoms. The van der Waals surface area contributed by atoms with Gasteiger partial charge in [0.2, 0.25) is 5.91 Å². The fraction of sp³-hybridized carbons (Fsp3) is 0.467. The minimum absolute atomic E-state index is 0.0572. The van der Waals surface area contributed by atoms with E-state index < -0.39 is 0 Å². The number of benzene rings is 1. The number of methoxy groups -OCH3 is 1. The van der Waals surface area contributed by atoms with Crippen molar-refractivity contribution < 1.29 is 14.3 Å². The minimum Gasteiger partial charge on any atom is -0.469 e. The van der Waals surface area contributed by atoms with Crippen molar-refractivity contribution in [1.29, 1.82) is 0 Å². The third-order valence-electron chi connectivity index (χ3n) is 3.69. The normalized spacial score (nSPS) is 22.6. The van der Waals surface area contributed by atoms with Gasteiger partial charge in [-0.1, -0.05) is 37.3 Å². The quantitative estimate of drug-likeness (QED) is 0.777. The van der Waals surface area contributed by atoms with Crippen molar-refractivity contribution in [2.45, 2.75) is 19.9 Å². The van der Waals surface area contributed by atoms with Crippen molar-refractivity contribution in [3.05, 3.63) is 35.9 Å². The van der Waals surface area contributed by atoms with Gasteiger partial charge < -0.3 is 9.64 Å². The van der Waals surface area contributed by atoms with Crippen molar-refractivity contribution in [2.24, 2.45) is 11.8 Å². The molecular weight excluding hydrogens is 242 g/mol. The van der Waals surface area contributed by atoms with Crippen molar-refractivity contribution in [3.63, 3.8) is 0 Å². The van der Waals surface area contributed by atoms with Crippen molar-refractivity contribution >= 4 is 11.9 Å². The molecule has 2 rings (SSSR count). The van der Waals surface area contributed by atoms with Crippen molar-refractivity contribution in [2.75, 3.05) is 13.7 Å². The Bertz CT molecular complexity index is 458. The molecule has 4 heteroatoms. The van der Waals surface area contributed by atoms with Gasteiger partial charge in [0, 0.05) is 13.1 Å². The predicted octanol–water partition coefficient (Wildman–Crippen LogP) is 1.84. The van der Waals surface area contributed by atoms with E-state index in [2.05, 4.69) is 0 Å². The highest BCUT2D eigenvalue weighted by Gasteiger charge is 2.43. The summed E-state index contributed by atoms with van der Waals surface area (Å²) in [4.78, 5) is 25.8. The summed E-state index contributed by atoms with van der Waals surface area (Å²) in [6.45, 7) is 2.95. The van der Waals surface area contributed by atoms with Gasteiger partial charge in [0.15, 0.2) is 0 Å². The van der Waals surface area contributed by atoms with Gasteiger partial charge >= 0.3 is 5.97 Å². The minimum atomic E-state index is -0.328. The molecule has 1 saturated heterocycles. The van der Waals surface area contributed by atoms with Crippen LogP contribution in [-0.4, -0.2) is 30.4 Å². The zero-order valence-electron chi connectivity index (χ0n) is 11.3. The second-order valence-electron chi connectivity index (χ2n) is 4.85. The number of esters is 1. The van der Waals surface area contributed by atoms with Crippen LogP contribution in [0.3, 0.4) is 0 Å². The molecule has 0 bridgehead atoms. The number of hydrogen-bond donors (Lipinski definition) is 0. The molecule has 4 nitrogen and oxygen atoms in total. The number of hydrogen-bond acceptors (Lipinski definition) is 3. The van der Waals surface area contributed by atoms with Gasteiger partial charge in [-0.3, -0.25) is 9.59 Å². The van der Waals surface area contributed by atoms with E-state index in [-0.39, 0.29) is 23.7 Å². The number of nitrogens with zero attached hydrogens (tertiary/aromatic N) is 1. The molecule has 2 unspecified atom stereocenters. The number of rotatable bonds is 4. The monoisotopic (exact) mass is 261 g/mol. The summed E-state index contributed by atoms with van der Waals surface area (Å²) in [7, 11) is 1.37. The van der Waals surface area contributed by atoms with E-state index in [9.17, 15) is 9.59 Å². The highest BCUT2D eigenvalue weighted by Crippen LogP contribution is 2.29. The van der Waals surface area contributed by atoms with Crippen molar-refractivity contribution in [1.82, 2.24) is 4.90 Å². The van der Waals surface area contributed by atoms with Crippen LogP contribution in [0.2, 0.25) is 0 Å². The van der Waals surface area contributed by atoms with E-state index in [4.69, 9.17) is 4.74 Å². The second kappa shape index (κ2) is 5.87. The SMILES string of the molecule is CCC1C(=O)N(Cc2ccccc2)CC1C(=O)OC. The number of ether oxygens (including phenoxy) is 1. The highest BCUT2D eigenvalue weighted by molar-refractivity contribution is 5.89. The summed E-state index contributed by atoms with van der Waals surface area (Å²) in [5, 5.41) is 0. The fourth-order valence-corrected chi connectivity index (χ4v) is 2.66. The summed E-state index contributed by atoms with van der Waals surface area (Å²) >= 11 is 0. The Labute approximate surface area is 113 Å². The van der Waals surface area contributed by atoms with E-state index in [0.29, 0.717) is 19.5 Å². The maximum absolute atomic E-state index is 12.3. The summed E-state index contributed by atoms with van der Waals surface area (Å²) in [5.41, 5.74) is 1.08. The number of amides is 1. The molecule has 1 aromatic rings. The van der Waals surface area contributed by atoms with Crippen LogP contribution in [0.4, 0.5) is 0 Å². The first-order valence-electron chi connectivity index (χ1n) is 6.58. The predicted molar refractivity (Wildman–Crippen MR) is 71.1 cm³/mol. The molecule has 1 amide bonds. The van der Waals surface area contributed by atoms with E-state index in [0.717, 1.165) is 5.56 Å². The van der Waals surface area contributed by atoms with Crippen LogP contribution in [0.1, 0.15) is 18.9 Å². The molecule has 0 aromatic heterocycles. The number of carbonyl (C=O) groups excluding carboxylic acids is 2. The lowest BCUT2D eigenvalue weighted by Gasteiger charge is -2.16. The van der Waals surface area contributed by atoms with Gasteiger partial charge in [0.05, 0.1) is 18.9 Å². The lowest BCUT2D eigenvalue weighted by molar-refractivity contribution is -0.147. The largest absolute Gasteiger partial charge is 0.469 e. The van der Waals surface area contributed by atoms with E-state index in [1.807, 2.05) is 37.3 Å². The Hall–Kier alpha value is -1.84. The Kier molecular flexibility index (Phi) is 4.20. The average molecular weight is 261 g/mol. The molecular formula is C15H19NO3. The molecule has 0 saturated carbocycles. The Balaban J connectivity index is 2.11. The lowest BCUT2D eigenvalue weighted by atomic mass is 9.93. The third-order valence-corrected chi connectivity index (χ3v) is 3.69. The zero-order valence-corrected chi connectivity index (χ0v) is 11.3. The molecule has 0 N–H and O–H groups in total. The topological polar surface area (TPSA) is 46.6 Å². The zero-order chi connectivity index (χ0) is 13.8. The smallest absolute Gasteiger partial charge is 0.311 e. The van der Waals surface area contributed by atoms with Gasteiger partial charge in [-0.25, -0.2) is 0 Å². The molecule has 0 radical (unpaired) electrons. The Morgan fingerprint density at radius 2 is 2.05 bits per heavy atom. The molecule has 1 fully saturated rings. The Morgan fingerprint density at radius 1 is 1.37 bits per heavy atom. The molecule has 1 aromatic carbocycles. The van der Waals surface area contributed by atoms with Crippen molar-refractivity contribution in [3.8, 4) is 0 Å². The van der Waals surface area contributed by atoms with Crippen LogP contribution in [-0.2, 0) is 20.9 Å². The lowest BCUT2D eigenvalue weighted by Crippen LogP contribution is -2.26. The summed E-state index contributed by atoms with van der Waals surface area (Å²) < 4.78 is 4.80. The van der Waals surface area contributed by atoms with Crippen LogP contribution in [0.25, 0.3) is 0 Å². The fourth-order valence-electron chi connectivity index (χ4n) is 2.66. The van der Waals surface area contributed by atoms with Gasteiger partial charge in [-0.15, -0.1) is 0 Å². The molecule has 2 atom stereocenters. The van der Waals surface area contributed by atoms with Crippen LogP contribution in [0.15, 0.2) is 30.3 Å². The number of likely N-dealkylation sites (tertiary alicyclic amines) is 1. The molecule has 1 aliphatic rings. The first-order valence-corrected chi connectivity index (χ1v) is 6.58. The maximum atomic E-state index is 12.3. The summed E-state index contributed by atoms with van der Waals surface area (Å²) in [6, 6.07) is 9.82. The number of carbonyl (C=O) groups is 2. The average Bonchev–Trinajstić information content (AvgIpc) is 2.76. The summed E-state index contributed by atoms with van der Waals surface area (Å²) in [6.07, 6.45) is 0.671. The van der Waals surface area contributed by atoms with E-state index >= 15 is 0 Å². The van der Waals surface area contributed by atoms with Crippen LogP contribution in [0.5, 0.6) is 0 Å². The van der Waals surface area contributed by atoms with Crippen LogP contribution < -0.4 is 0 Å². The van der Waals surface area contributed by atoms with E-state index in [1.54, 1.807) is 4.90 Å². The Morgan fingerprint density at radius 3 is 2.63 bits per heavy atom. The molecule has 102 valence electrons. The molecule has 1 heterocycles. The van der Waals surface area contributed by atoms with Gasteiger partial charge in [0.1, 0.15) is 0 Å². The first kappa shape index (κ1) is 13.6. The van der Waals surface area contributed by atoms with Gasteiger partial charge in [-0.2, -0.15) is 0 Å². The van der Waals surface area contributed by atoms with Crippen LogP contribution >= 0.6 is 0 Å². The molecule has 0 spiro atoms. The van der Waals surface area contributed by atoms with Gasteiger partial charge in [0.25, 0.3) is 0 Å². The van der Waals surface area contributed by atoms with Gasteiger partial charge in [-0.05, 0) is 12.0 Å².